The van der Waals surface area contributed by atoms with Crippen LogP contribution in [0.5, 0.6) is 23.0 Å². The fourth-order valence-electron chi connectivity index (χ4n) is 8.74. The zero-order valence-electron chi connectivity index (χ0n) is 28.2. The van der Waals surface area contributed by atoms with Crippen molar-refractivity contribution in [1.29, 1.82) is 0 Å². The molecule has 3 nitrogen and oxygen atoms in total. The summed E-state index contributed by atoms with van der Waals surface area (Å²) in [6, 6.07) is 67.0. The van der Waals surface area contributed by atoms with Crippen LogP contribution in [-0.4, -0.2) is 4.57 Å². The minimum absolute atomic E-state index is 0.695. The van der Waals surface area contributed by atoms with Gasteiger partial charge in [0.25, 0.3) is 0 Å². The van der Waals surface area contributed by atoms with Gasteiger partial charge in [0.2, 0.25) is 0 Å². The molecule has 0 fully saturated rings. The molecule has 0 saturated heterocycles. The molecule has 1 aromatic heterocycles. The van der Waals surface area contributed by atoms with Crippen LogP contribution in [-0.2, 0) is 5.41 Å². The van der Waals surface area contributed by atoms with Crippen LogP contribution in [0.2, 0.25) is 0 Å². The van der Waals surface area contributed by atoms with E-state index in [1.54, 1.807) is 0 Å². The number of hydrogen-bond donors (Lipinski definition) is 0. The molecule has 244 valence electrons. The molecule has 2 aliphatic heterocycles. The number of ether oxygens (including phenoxy) is 2. The van der Waals surface area contributed by atoms with Crippen molar-refractivity contribution < 1.29 is 9.47 Å². The second-order valence-electron chi connectivity index (χ2n) is 13.6. The summed E-state index contributed by atoms with van der Waals surface area (Å²) in [7, 11) is 0. The van der Waals surface area contributed by atoms with Crippen molar-refractivity contribution >= 4 is 21.8 Å². The molecule has 1 spiro atoms. The fourth-order valence-corrected chi connectivity index (χ4v) is 8.74. The first-order valence-electron chi connectivity index (χ1n) is 17.8. The van der Waals surface area contributed by atoms with Crippen LogP contribution >= 0.6 is 0 Å². The van der Waals surface area contributed by atoms with Gasteiger partial charge in [0.05, 0.1) is 16.4 Å². The SMILES string of the molecule is c1ccc(-c2ccc3c(c2)Oc2ccccc2C32c3ccccc3Oc3ccc(-c4cccc5c6ccccc6n(-c6ccccc6)c45)cc32)cc1. The lowest BCUT2D eigenvalue weighted by molar-refractivity contribution is 0.399. The van der Waals surface area contributed by atoms with Gasteiger partial charge < -0.3 is 14.0 Å². The Labute approximate surface area is 301 Å². The van der Waals surface area contributed by atoms with Crippen LogP contribution in [0, 0.1) is 0 Å². The van der Waals surface area contributed by atoms with Gasteiger partial charge in [0, 0.05) is 44.3 Å². The van der Waals surface area contributed by atoms with Crippen LogP contribution in [0.15, 0.2) is 188 Å². The molecule has 0 amide bonds. The van der Waals surface area contributed by atoms with Crippen LogP contribution in [0.25, 0.3) is 49.7 Å². The third-order valence-electron chi connectivity index (χ3n) is 10.9. The molecule has 9 aromatic rings. The van der Waals surface area contributed by atoms with Gasteiger partial charge in [-0.15, -0.1) is 0 Å². The molecule has 1 unspecified atom stereocenters. The van der Waals surface area contributed by atoms with Gasteiger partial charge in [0.1, 0.15) is 23.0 Å². The normalized spacial score (nSPS) is 15.3. The molecule has 3 heteroatoms. The maximum Gasteiger partial charge on any atom is 0.132 e. The Hall–Kier alpha value is -6.84. The summed E-state index contributed by atoms with van der Waals surface area (Å²) in [6.07, 6.45) is 0. The highest BCUT2D eigenvalue weighted by atomic mass is 16.5. The van der Waals surface area contributed by atoms with Gasteiger partial charge in [-0.1, -0.05) is 140 Å². The molecule has 0 aliphatic carbocycles. The van der Waals surface area contributed by atoms with Crippen molar-refractivity contribution in [1.82, 2.24) is 4.57 Å². The molecule has 0 bridgehead atoms. The molecular formula is C49H31NO2. The van der Waals surface area contributed by atoms with Crippen molar-refractivity contribution in [3.05, 3.63) is 210 Å². The second kappa shape index (κ2) is 11.1. The maximum atomic E-state index is 6.82. The quantitative estimate of drug-likeness (QED) is 0.187. The van der Waals surface area contributed by atoms with E-state index in [9.17, 15) is 0 Å². The van der Waals surface area contributed by atoms with Crippen LogP contribution in [0.1, 0.15) is 22.3 Å². The van der Waals surface area contributed by atoms with Crippen molar-refractivity contribution in [3.8, 4) is 50.9 Å². The van der Waals surface area contributed by atoms with Gasteiger partial charge >= 0.3 is 0 Å². The van der Waals surface area contributed by atoms with E-state index >= 15 is 0 Å². The Morgan fingerprint density at radius 3 is 1.75 bits per heavy atom. The lowest BCUT2D eigenvalue weighted by Crippen LogP contribution is -2.36. The van der Waals surface area contributed by atoms with E-state index < -0.39 is 5.41 Å². The number of para-hydroxylation sites is 5. The second-order valence-corrected chi connectivity index (χ2v) is 13.6. The van der Waals surface area contributed by atoms with Crippen LogP contribution in [0.3, 0.4) is 0 Å². The summed E-state index contributed by atoms with van der Waals surface area (Å²) in [5.74, 6) is 3.39. The molecule has 0 N–H and O–H groups in total. The highest BCUT2D eigenvalue weighted by Gasteiger charge is 2.50. The molecule has 11 rings (SSSR count). The number of aromatic nitrogens is 1. The standard InChI is InChI=1S/C49H31NO2/c1-3-14-32(15-4-1)33-26-28-41-47(31-33)52-45-25-12-9-22-40(45)49(41)39-21-8-11-24-44(39)51-46-29-27-34(30-42(46)49)36-19-13-20-38-37-18-7-10-23-43(37)50(48(36)38)35-16-5-2-6-17-35/h1-31H. The van der Waals surface area contributed by atoms with E-state index in [2.05, 4.69) is 193 Å². The van der Waals surface area contributed by atoms with Crippen molar-refractivity contribution in [2.75, 3.05) is 0 Å². The Morgan fingerprint density at radius 1 is 0.365 bits per heavy atom. The zero-order chi connectivity index (χ0) is 34.2. The fraction of sp³-hybridized carbons (Fsp3) is 0.0204. The minimum Gasteiger partial charge on any atom is -0.457 e. The first-order valence-corrected chi connectivity index (χ1v) is 17.8. The predicted molar refractivity (Wildman–Crippen MR) is 210 cm³/mol. The molecule has 0 radical (unpaired) electrons. The van der Waals surface area contributed by atoms with Crippen molar-refractivity contribution in [2.24, 2.45) is 0 Å². The molecule has 0 saturated carbocycles. The average molecular weight is 666 g/mol. The van der Waals surface area contributed by atoms with E-state index in [1.807, 2.05) is 0 Å². The molecule has 1 atom stereocenters. The number of benzene rings is 8. The minimum atomic E-state index is -0.695. The number of rotatable bonds is 3. The summed E-state index contributed by atoms with van der Waals surface area (Å²) in [5.41, 5.74) is 11.7. The van der Waals surface area contributed by atoms with E-state index in [-0.39, 0.29) is 0 Å². The lowest BCUT2D eigenvalue weighted by Gasteiger charge is -2.45. The maximum absolute atomic E-state index is 6.82. The summed E-state index contributed by atoms with van der Waals surface area (Å²) in [6.45, 7) is 0. The van der Waals surface area contributed by atoms with Crippen LogP contribution in [0.4, 0.5) is 0 Å². The number of hydrogen-bond acceptors (Lipinski definition) is 2. The smallest absolute Gasteiger partial charge is 0.132 e. The Kier molecular flexibility index (Phi) is 6.17. The average Bonchev–Trinajstić information content (AvgIpc) is 3.56. The van der Waals surface area contributed by atoms with Crippen molar-refractivity contribution in [3.63, 3.8) is 0 Å². The Bertz CT molecular complexity index is 2840. The van der Waals surface area contributed by atoms with E-state index in [1.165, 1.54) is 21.8 Å². The van der Waals surface area contributed by atoms with Gasteiger partial charge in [-0.25, -0.2) is 0 Å². The Morgan fingerprint density at radius 2 is 0.962 bits per heavy atom. The largest absolute Gasteiger partial charge is 0.457 e. The molecule has 8 aromatic carbocycles. The molecule has 52 heavy (non-hydrogen) atoms. The van der Waals surface area contributed by atoms with Gasteiger partial charge in [-0.05, 0) is 65.2 Å². The van der Waals surface area contributed by atoms with Crippen LogP contribution < -0.4 is 9.47 Å². The summed E-state index contributed by atoms with van der Waals surface area (Å²) in [5, 5.41) is 2.46. The molecule has 2 aliphatic rings. The van der Waals surface area contributed by atoms with Crippen molar-refractivity contribution in [2.45, 2.75) is 5.41 Å². The predicted octanol–water partition coefficient (Wildman–Crippen LogP) is 12.7. The molecule has 3 heterocycles. The molecular weight excluding hydrogens is 635 g/mol. The number of fused-ring (bicyclic) bond motifs is 11. The van der Waals surface area contributed by atoms with E-state index in [4.69, 9.17) is 9.47 Å². The third kappa shape index (κ3) is 4.02. The van der Waals surface area contributed by atoms with E-state index in [0.717, 1.165) is 73.2 Å². The number of nitrogens with zero attached hydrogens (tertiary/aromatic N) is 1. The highest BCUT2D eigenvalue weighted by Crippen LogP contribution is 2.62. The van der Waals surface area contributed by atoms with Gasteiger partial charge in [0.15, 0.2) is 0 Å². The van der Waals surface area contributed by atoms with Gasteiger partial charge in [-0.2, -0.15) is 0 Å². The zero-order valence-corrected chi connectivity index (χ0v) is 28.2. The summed E-state index contributed by atoms with van der Waals surface area (Å²) in [4.78, 5) is 0. The van der Waals surface area contributed by atoms with E-state index in [0.29, 0.717) is 0 Å². The third-order valence-corrected chi connectivity index (χ3v) is 10.9. The topological polar surface area (TPSA) is 23.4 Å². The summed E-state index contributed by atoms with van der Waals surface area (Å²) >= 11 is 0. The van der Waals surface area contributed by atoms with Gasteiger partial charge in [-0.3, -0.25) is 0 Å². The first-order chi connectivity index (χ1) is 25.8. The first kappa shape index (κ1) is 28.9. The summed E-state index contributed by atoms with van der Waals surface area (Å²) < 4.78 is 16.0. The monoisotopic (exact) mass is 665 g/mol. The highest BCUT2D eigenvalue weighted by molar-refractivity contribution is 6.13. The Balaban J connectivity index is 1.22. The lowest BCUT2D eigenvalue weighted by atomic mass is 9.62.